The number of hydrogen-bond acceptors (Lipinski definition) is 5. The number of benzene rings is 1. The van der Waals surface area contributed by atoms with Gasteiger partial charge < -0.3 is 0 Å². The van der Waals surface area contributed by atoms with Crippen LogP contribution in [0.2, 0.25) is 0 Å². The number of hydrogen-bond donors (Lipinski definition) is 1. The van der Waals surface area contributed by atoms with E-state index in [9.17, 15) is 0 Å². The minimum absolute atomic E-state index is 0.818. The molecule has 3 rings (SSSR count). The van der Waals surface area contributed by atoms with Crippen LogP contribution in [0.15, 0.2) is 47.8 Å². The Bertz CT molecular complexity index is 869. The normalized spacial score (nSPS) is 11.2. The highest BCUT2D eigenvalue weighted by atomic mass is 32.1. The summed E-state index contributed by atoms with van der Waals surface area (Å²) in [5.74, 6) is 0. The van der Waals surface area contributed by atoms with Crippen LogP contribution in [0, 0.1) is 13.8 Å². The van der Waals surface area contributed by atoms with Gasteiger partial charge in [0, 0.05) is 28.4 Å². The van der Waals surface area contributed by atoms with Crippen LogP contribution in [0.25, 0.3) is 11.3 Å². The predicted octanol–water partition coefficient (Wildman–Crippen LogP) is 5.22. The molecule has 0 saturated carbocycles. The number of thiazole rings is 1. The number of pyridine rings is 1. The van der Waals surface area contributed by atoms with Crippen molar-refractivity contribution in [1.29, 1.82) is 0 Å². The molecule has 0 saturated heterocycles. The van der Waals surface area contributed by atoms with E-state index in [-0.39, 0.29) is 0 Å². The average Bonchev–Trinajstić information content (AvgIpc) is 2.99. The summed E-state index contributed by atoms with van der Waals surface area (Å²) in [7, 11) is 0. The van der Waals surface area contributed by atoms with Crippen LogP contribution >= 0.6 is 11.3 Å². The van der Waals surface area contributed by atoms with Gasteiger partial charge in [-0.25, -0.2) is 4.98 Å². The summed E-state index contributed by atoms with van der Waals surface area (Å²) in [6, 6.07) is 10.4. The van der Waals surface area contributed by atoms with Crippen LogP contribution < -0.4 is 5.43 Å². The van der Waals surface area contributed by atoms with Gasteiger partial charge >= 0.3 is 0 Å². The number of aromatic nitrogens is 2. The largest absolute Gasteiger partial charge is 0.264 e. The van der Waals surface area contributed by atoms with Crippen molar-refractivity contribution >= 4 is 22.7 Å². The second kappa shape index (κ2) is 8.03. The minimum atomic E-state index is 0.818. The van der Waals surface area contributed by atoms with Gasteiger partial charge in [0.1, 0.15) is 0 Å². The van der Waals surface area contributed by atoms with Gasteiger partial charge in [-0.15, -0.1) is 0 Å². The SMILES string of the molecule is CCCc1sc(N/N=C/c2cccnc2)nc1-c1ccc(C)cc1C. The number of nitrogens with one attached hydrogen (secondary N) is 1. The van der Waals surface area contributed by atoms with E-state index in [0.29, 0.717) is 0 Å². The highest BCUT2D eigenvalue weighted by Gasteiger charge is 2.14. The highest BCUT2D eigenvalue weighted by Crippen LogP contribution is 2.34. The molecule has 2 aromatic heterocycles. The first kappa shape index (κ1) is 17.3. The van der Waals surface area contributed by atoms with Gasteiger partial charge in [0.2, 0.25) is 5.13 Å². The number of aryl methyl sites for hydroxylation is 3. The lowest BCUT2D eigenvalue weighted by Crippen LogP contribution is -1.92. The van der Waals surface area contributed by atoms with Crippen molar-refractivity contribution in [2.75, 3.05) is 5.43 Å². The van der Waals surface area contributed by atoms with Gasteiger partial charge in [-0.1, -0.05) is 54.5 Å². The summed E-state index contributed by atoms with van der Waals surface area (Å²) in [6.45, 7) is 6.45. The molecule has 0 amide bonds. The van der Waals surface area contributed by atoms with Gasteiger partial charge in [-0.2, -0.15) is 5.10 Å². The standard InChI is InChI=1S/C20H22N4S/c1-4-6-18-19(17-9-8-14(2)11-15(17)3)23-20(25-18)24-22-13-16-7-5-10-21-12-16/h5,7-13H,4,6H2,1-3H3,(H,23,24)/b22-13+. The first-order chi connectivity index (χ1) is 12.2. The third-order valence-corrected chi connectivity index (χ3v) is 4.89. The van der Waals surface area contributed by atoms with Crippen LogP contribution in [0.4, 0.5) is 5.13 Å². The second-order valence-corrected chi connectivity index (χ2v) is 7.10. The molecule has 0 aliphatic carbocycles. The molecule has 4 nitrogen and oxygen atoms in total. The average molecular weight is 350 g/mol. The molecule has 0 spiro atoms. The van der Waals surface area contributed by atoms with E-state index in [1.165, 1.54) is 21.6 Å². The van der Waals surface area contributed by atoms with E-state index in [1.807, 2.05) is 12.1 Å². The maximum atomic E-state index is 4.80. The summed E-state index contributed by atoms with van der Waals surface area (Å²) in [6.07, 6.45) is 7.40. The molecule has 0 radical (unpaired) electrons. The van der Waals surface area contributed by atoms with Crippen LogP contribution in [-0.4, -0.2) is 16.2 Å². The first-order valence-electron chi connectivity index (χ1n) is 8.44. The van der Waals surface area contributed by atoms with Crippen LogP contribution in [0.3, 0.4) is 0 Å². The minimum Gasteiger partial charge on any atom is -0.264 e. The molecule has 5 heteroatoms. The molecule has 0 atom stereocenters. The van der Waals surface area contributed by atoms with Gasteiger partial charge in [0.15, 0.2) is 0 Å². The van der Waals surface area contributed by atoms with Gasteiger partial charge in [-0.05, 0) is 31.9 Å². The van der Waals surface area contributed by atoms with E-state index < -0.39 is 0 Å². The molecule has 0 unspecified atom stereocenters. The second-order valence-electron chi connectivity index (χ2n) is 6.02. The van der Waals surface area contributed by atoms with Crippen molar-refractivity contribution in [2.24, 2.45) is 5.10 Å². The molecule has 2 heterocycles. The van der Waals surface area contributed by atoms with Crippen LogP contribution in [-0.2, 0) is 6.42 Å². The third-order valence-electron chi connectivity index (χ3n) is 3.87. The molecule has 1 N–H and O–H groups in total. The zero-order valence-electron chi connectivity index (χ0n) is 14.8. The molecule has 0 bridgehead atoms. The predicted molar refractivity (Wildman–Crippen MR) is 106 cm³/mol. The molecule has 128 valence electrons. The summed E-state index contributed by atoms with van der Waals surface area (Å²) >= 11 is 1.68. The van der Waals surface area contributed by atoms with Gasteiger partial charge in [0.05, 0.1) is 11.9 Å². The number of hydrazone groups is 1. The number of anilines is 1. The Morgan fingerprint density at radius 2 is 2.12 bits per heavy atom. The molecular weight excluding hydrogens is 328 g/mol. The van der Waals surface area contributed by atoms with Gasteiger partial charge in [-0.3, -0.25) is 10.4 Å². The maximum Gasteiger partial charge on any atom is 0.204 e. The highest BCUT2D eigenvalue weighted by molar-refractivity contribution is 7.16. The number of rotatable bonds is 6. The zero-order valence-corrected chi connectivity index (χ0v) is 15.6. The van der Waals surface area contributed by atoms with E-state index >= 15 is 0 Å². The molecule has 0 fully saturated rings. The van der Waals surface area contributed by atoms with E-state index in [2.05, 4.69) is 54.5 Å². The summed E-state index contributed by atoms with van der Waals surface area (Å²) in [4.78, 5) is 10.2. The van der Waals surface area contributed by atoms with Gasteiger partial charge in [0.25, 0.3) is 0 Å². The summed E-state index contributed by atoms with van der Waals surface area (Å²) in [5.41, 5.74) is 8.82. The molecular formula is C20H22N4S. The van der Waals surface area contributed by atoms with Crippen molar-refractivity contribution < 1.29 is 0 Å². The molecule has 0 aliphatic rings. The lowest BCUT2D eigenvalue weighted by Gasteiger charge is -2.06. The Labute approximate surface area is 152 Å². The Morgan fingerprint density at radius 1 is 1.24 bits per heavy atom. The Hall–Kier alpha value is -2.53. The Balaban J connectivity index is 1.85. The lowest BCUT2D eigenvalue weighted by atomic mass is 10.0. The Kier molecular flexibility index (Phi) is 5.56. The topological polar surface area (TPSA) is 50.2 Å². The van der Waals surface area contributed by atoms with E-state index in [1.54, 1.807) is 29.9 Å². The summed E-state index contributed by atoms with van der Waals surface area (Å²) < 4.78 is 0. The fourth-order valence-electron chi connectivity index (χ4n) is 2.70. The maximum absolute atomic E-state index is 4.80. The number of nitrogens with zero attached hydrogens (tertiary/aromatic N) is 3. The monoisotopic (exact) mass is 350 g/mol. The van der Waals surface area contributed by atoms with Crippen molar-refractivity contribution in [1.82, 2.24) is 9.97 Å². The fourth-order valence-corrected chi connectivity index (χ4v) is 3.73. The lowest BCUT2D eigenvalue weighted by molar-refractivity contribution is 0.938. The molecule has 1 aromatic carbocycles. The van der Waals surface area contributed by atoms with Crippen molar-refractivity contribution in [3.8, 4) is 11.3 Å². The molecule has 25 heavy (non-hydrogen) atoms. The smallest absolute Gasteiger partial charge is 0.204 e. The van der Waals surface area contributed by atoms with E-state index in [4.69, 9.17) is 4.98 Å². The van der Waals surface area contributed by atoms with E-state index in [0.717, 1.165) is 29.2 Å². The fraction of sp³-hybridized carbons (Fsp3) is 0.250. The molecule has 3 aromatic rings. The zero-order chi connectivity index (χ0) is 17.6. The van der Waals surface area contributed by atoms with Crippen molar-refractivity contribution in [3.63, 3.8) is 0 Å². The molecule has 0 aliphatic heterocycles. The van der Waals surface area contributed by atoms with Crippen LogP contribution in [0.1, 0.15) is 34.9 Å². The Morgan fingerprint density at radius 3 is 2.84 bits per heavy atom. The van der Waals surface area contributed by atoms with Crippen molar-refractivity contribution in [3.05, 3.63) is 64.3 Å². The summed E-state index contributed by atoms with van der Waals surface area (Å²) in [5, 5.41) is 5.11. The van der Waals surface area contributed by atoms with Crippen molar-refractivity contribution in [2.45, 2.75) is 33.6 Å². The van der Waals surface area contributed by atoms with Crippen LogP contribution in [0.5, 0.6) is 0 Å². The quantitative estimate of drug-likeness (QED) is 0.490. The first-order valence-corrected chi connectivity index (χ1v) is 9.25. The third kappa shape index (κ3) is 4.31.